The molecule has 0 aromatic heterocycles. The standard InChI is InChI=1S/C25H24N2O3/c1-16-4-11-23-22(12-16)27(24(28)15-30-23)14-19-6-8-20(9-7-19)25(29)26-21-10-5-17(2)18(3)13-21/h4-13H,14-15H2,1-3H3,(H,26,29). The molecule has 4 rings (SSSR count). The van der Waals surface area contributed by atoms with E-state index >= 15 is 0 Å². The summed E-state index contributed by atoms with van der Waals surface area (Å²) in [6.45, 7) is 6.51. The number of rotatable bonds is 4. The lowest BCUT2D eigenvalue weighted by atomic mass is 10.1. The van der Waals surface area contributed by atoms with Crippen molar-refractivity contribution in [2.45, 2.75) is 27.3 Å². The predicted octanol–water partition coefficient (Wildman–Crippen LogP) is 4.79. The number of nitrogens with one attached hydrogen (secondary N) is 1. The number of benzene rings is 3. The van der Waals surface area contributed by atoms with E-state index in [1.807, 2.05) is 69.3 Å². The minimum absolute atomic E-state index is 0.0342. The second kappa shape index (κ2) is 8.03. The number of hydrogen-bond acceptors (Lipinski definition) is 3. The van der Waals surface area contributed by atoms with Crippen LogP contribution in [0.4, 0.5) is 11.4 Å². The molecule has 5 nitrogen and oxygen atoms in total. The summed E-state index contributed by atoms with van der Waals surface area (Å²) in [6.07, 6.45) is 0. The van der Waals surface area contributed by atoms with Gasteiger partial charge in [0.2, 0.25) is 0 Å². The van der Waals surface area contributed by atoms with Crippen LogP contribution in [-0.2, 0) is 11.3 Å². The molecule has 1 heterocycles. The van der Waals surface area contributed by atoms with Crippen molar-refractivity contribution in [2.75, 3.05) is 16.8 Å². The van der Waals surface area contributed by atoms with Crippen LogP contribution >= 0.6 is 0 Å². The number of fused-ring (bicyclic) bond motifs is 1. The number of anilines is 2. The molecule has 0 atom stereocenters. The lowest BCUT2D eigenvalue weighted by Gasteiger charge is -2.29. The Bertz CT molecular complexity index is 1120. The van der Waals surface area contributed by atoms with E-state index in [0.29, 0.717) is 17.9 Å². The average Bonchev–Trinajstić information content (AvgIpc) is 2.73. The molecular formula is C25H24N2O3. The van der Waals surface area contributed by atoms with Crippen molar-refractivity contribution in [3.63, 3.8) is 0 Å². The zero-order chi connectivity index (χ0) is 21.3. The predicted molar refractivity (Wildman–Crippen MR) is 118 cm³/mol. The number of aryl methyl sites for hydroxylation is 3. The third-order valence-electron chi connectivity index (χ3n) is 5.38. The quantitative estimate of drug-likeness (QED) is 0.685. The molecule has 1 aliphatic rings. The fourth-order valence-electron chi connectivity index (χ4n) is 3.45. The molecule has 0 bridgehead atoms. The summed E-state index contributed by atoms with van der Waals surface area (Å²) in [5, 5.41) is 2.93. The van der Waals surface area contributed by atoms with Gasteiger partial charge in [0, 0.05) is 11.3 Å². The summed E-state index contributed by atoms with van der Waals surface area (Å²) in [4.78, 5) is 26.7. The van der Waals surface area contributed by atoms with Crippen LogP contribution in [0.2, 0.25) is 0 Å². The molecular weight excluding hydrogens is 376 g/mol. The van der Waals surface area contributed by atoms with Gasteiger partial charge in [-0.1, -0.05) is 24.3 Å². The highest BCUT2D eigenvalue weighted by atomic mass is 16.5. The Morgan fingerprint density at radius 3 is 2.47 bits per heavy atom. The highest BCUT2D eigenvalue weighted by molar-refractivity contribution is 6.04. The third-order valence-corrected chi connectivity index (χ3v) is 5.38. The van der Waals surface area contributed by atoms with Gasteiger partial charge in [-0.25, -0.2) is 0 Å². The van der Waals surface area contributed by atoms with Gasteiger partial charge in [-0.05, 0) is 79.4 Å². The molecule has 0 unspecified atom stereocenters. The zero-order valence-corrected chi connectivity index (χ0v) is 17.4. The van der Waals surface area contributed by atoms with E-state index in [2.05, 4.69) is 5.32 Å². The molecule has 5 heteroatoms. The molecule has 1 aliphatic heterocycles. The molecule has 3 aromatic rings. The smallest absolute Gasteiger partial charge is 0.265 e. The summed E-state index contributed by atoms with van der Waals surface area (Å²) in [7, 11) is 0. The highest BCUT2D eigenvalue weighted by Gasteiger charge is 2.25. The fraction of sp³-hybridized carbons (Fsp3) is 0.200. The number of carbonyl (C=O) groups is 2. The Hall–Kier alpha value is -3.60. The van der Waals surface area contributed by atoms with Crippen LogP contribution < -0.4 is 15.0 Å². The third kappa shape index (κ3) is 4.06. The molecule has 0 spiro atoms. The number of nitrogens with zero attached hydrogens (tertiary/aromatic N) is 1. The van der Waals surface area contributed by atoms with E-state index in [9.17, 15) is 9.59 Å². The molecule has 3 aromatic carbocycles. The van der Waals surface area contributed by atoms with Crippen LogP contribution in [0.15, 0.2) is 60.7 Å². The van der Waals surface area contributed by atoms with Crippen LogP contribution in [0.1, 0.15) is 32.6 Å². The Kier molecular flexibility index (Phi) is 5.27. The topological polar surface area (TPSA) is 58.6 Å². The monoisotopic (exact) mass is 400 g/mol. The fourth-order valence-corrected chi connectivity index (χ4v) is 3.45. The van der Waals surface area contributed by atoms with Gasteiger partial charge in [0.05, 0.1) is 12.2 Å². The second-order valence-electron chi connectivity index (χ2n) is 7.69. The first-order valence-corrected chi connectivity index (χ1v) is 9.92. The Labute approximate surface area is 176 Å². The van der Waals surface area contributed by atoms with Crippen LogP contribution in [0, 0.1) is 20.8 Å². The summed E-state index contributed by atoms with van der Waals surface area (Å²) < 4.78 is 5.54. The van der Waals surface area contributed by atoms with E-state index in [4.69, 9.17) is 4.74 Å². The molecule has 0 saturated carbocycles. The lowest BCUT2D eigenvalue weighted by molar-refractivity contribution is -0.121. The molecule has 0 fully saturated rings. The van der Waals surface area contributed by atoms with Gasteiger partial charge >= 0.3 is 0 Å². The normalized spacial score (nSPS) is 12.9. The maximum absolute atomic E-state index is 12.6. The summed E-state index contributed by atoms with van der Waals surface area (Å²) in [5.74, 6) is 0.475. The van der Waals surface area contributed by atoms with Gasteiger partial charge in [-0.3, -0.25) is 9.59 Å². The van der Waals surface area contributed by atoms with Gasteiger partial charge in [0.1, 0.15) is 5.75 Å². The number of carbonyl (C=O) groups excluding carboxylic acids is 2. The van der Waals surface area contributed by atoms with E-state index in [1.54, 1.807) is 17.0 Å². The Balaban J connectivity index is 1.49. The first-order valence-electron chi connectivity index (χ1n) is 9.92. The number of ether oxygens (including phenoxy) is 1. The SMILES string of the molecule is Cc1ccc2c(c1)N(Cc1ccc(C(=O)Nc3ccc(C)c(C)c3)cc1)C(=O)CO2. The molecule has 2 amide bonds. The summed E-state index contributed by atoms with van der Waals surface area (Å²) in [6, 6.07) is 19.0. The van der Waals surface area contributed by atoms with Crippen LogP contribution in [0.25, 0.3) is 0 Å². The van der Waals surface area contributed by atoms with Gasteiger partial charge in [0.25, 0.3) is 11.8 Å². The Morgan fingerprint density at radius 1 is 0.967 bits per heavy atom. The van der Waals surface area contributed by atoms with E-state index in [-0.39, 0.29) is 18.4 Å². The molecule has 30 heavy (non-hydrogen) atoms. The molecule has 0 aliphatic carbocycles. The van der Waals surface area contributed by atoms with E-state index in [0.717, 1.165) is 28.1 Å². The van der Waals surface area contributed by atoms with Crippen molar-refractivity contribution in [3.05, 3.63) is 88.5 Å². The maximum atomic E-state index is 12.6. The minimum atomic E-state index is -0.159. The minimum Gasteiger partial charge on any atom is -0.482 e. The summed E-state index contributed by atoms with van der Waals surface area (Å²) in [5.41, 5.74) is 6.46. The summed E-state index contributed by atoms with van der Waals surface area (Å²) >= 11 is 0. The number of amides is 2. The first kappa shape index (κ1) is 19.7. The van der Waals surface area contributed by atoms with Crippen LogP contribution in [-0.4, -0.2) is 18.4 Å². The van der Waals surface area contributed by atoms with Gasteiger partial charge in [0.15, 0.2) is 6.61 Å². The van der Waals surface area contributed by atoms with Gasteiger partial charge in [-0.15, -0.1) is 0 Å². The van der Waals surface area contributed by atoms with Crippen molar-refractivity contribution in [3.8, 4) is 5.75 Å². The lowest BCUT2D eigenvalue weighted by Crippen LogP contribution is -2.38. The molecule has 152 valence electrons. The van der Waals surface area contributed by atoms with Gasteiger partial charge in [-0.2, -0.15) is 0 Å². The van der Waals surface area contributed by atoms with Crippen LogP contribution in [0.5, 0.6) is 5.75 Å². The van der Waals surface area contributed by atoms with Crippen molar-refractivity contribution in [2.24, 2.45) is 0 Å². The zero-order valence-electron chi connectivity index (χ0n) is 17.4. The first-order chi connectivity index (χ1) is 14.4. The molecule has 1 N–H and O–H groups in total. The Morgan fingerprint density at radius 2 is 1.73 bits per heavy atom. The molecule has 0 saturated heterocycles. The van der Waals surface area contributed by atoms with Crippen molar-refractivity contribution in [1.82, 2.24) is 0 Å². The van der Waals surface area contributed by atoms with E-state index in [1.165, 1.54) is 5.56 Å². The second-order valence-corrected chi connectivity index (χ2v) is 7.69. The van der Waals surface area contributed by atoms with Crippen molar-refractivity contribution < 1.29 is 14.3 Å². The van der Waals surface area contributed by atoms with Crippen LogP contribution in [0.3, 0.4) is 0 Å². The maximum Gasteiger partial charge on any atom is 0.265 e. The van der Waals surface area contributed by atoms with E-state index < -0.39 is 0 Å². The van der Waals surface area contributed by atoms with Crippen molar-refractivity contribution >= 4 is 23.2 Å². The highest BCUT2D eigenvalue weighted by Crippen LogP contribution is 2.33. The molecule has 0 radical (unpaired) electrons. The van der Waals surface area contributed by atoms with Gasteiger partial charge < -0.3 is 15.0 Å². The van der Waals surface area contributed by atoms with Crippen molar-refractivity contribution in [1.29, 1.82) is 0 Å². The largest absolute Gasteiger partial charge is 0.482 e. The average molecular weight is 400 g/mol. The number of hydrogen-bond donors (Lipinski definition) is 1.